The van der Waals surface area contributed by atoms with Crippen LogP contribution in [0.15, 0.2) is 115 Å². The number of methoxy groups -OCH3 is 1. The number of fused-ring (bicyclic) bond motifs is 1. The maximum Gasteiger partial charge on any atom is 0.267 e. The van der Waals surface area contributed by atoms with Gasteiger partial charge in [0.25, 0.3) is 5.91 Å². The quantitative estimate of drug-likeness (QED) is 0.377. The highest BCUT2D eigenvalue weighted by Crippen LogP contribution is 2.57. The average Bonchev–Trinajstić information content (AvgIpc) is 3.41. The van der Waals surface area contributed by atoms with E-state index in [-0.39, 0.29) is 5.91 Å². The molecule has 2 fully saturated rings. The van der Waals surface area contributed by atoms with Gasteiger partial charge in [0.05, 0.1) is 18.5 Å². The largest absolute Gasteiger partial charge is 0.497 e. The van der Waals surface area contributed by atoms with Crippen LogP contribution in [0.5, 0.6) is 5.75 Å². The third-order valence-electron chi connectivity index (χ3n) is 7.01. The normalized spacial score (nSPS) is 23.1. The van der Waals surface area contributed by atoms with Crippen LogP contribution in [0, 0.1) is 0 Å². The lowest BCUT2D eigenvalue weighted by atomic mass is 9.69. The minimum absolute atomic E-state index is 0.318. The molecule has 3 atom stereocenters. The molecule has 0 unspecified atom stereocenters. The van der Waals surface area contributed by atoms with Gasteiger partial charge in [0.2, 0.25) is 5.91 Å². The summed E-state index contributed by atoms with van der Waals surface area (Å²) in [6.07, 6.45) is -1.04. The van der Waals surface area contributed by atoms with Crippen molar-refractivity contribution < 1.29 is 19.2 Å². The van der Waals surface area contributed by atoms with Crippen molar-refractivity contribution >= 4 is 23.2 Å². The number of para-hydroxylation sites is 1. The monoisotopic (exact) mass is 476 g/mol. The van der Waals surface area contributed by atoms with Crippen LogP contribution < -0.4 is 14.7 Å². The number of hydrogen-bond acceptors (Lipinski definition) is 5. The van der Waals surface area contributed by atoms with E-state index in [1.54, 1.807) is 36.4 Å². The summed E-state index contributed by atoms with van der Waals surface area (Å²) in [7, 11) is 1.58. The van der Waals surface area contributed by atoms with Crippen LogP contribution >= 0.6 is 0 Å². The maximum atomic E-state index is 14.6. The minimum atomic E-state index is -1.30. The zero-order valence-electron chi connectivity index (χ0n) is 19.7. The molecule has 6 heteroatoms. The van der Waals surface area contributed by atoms with Crippen LogP contribution in [0.1, 0.15) is 17.2 Å². The van der Waals surface area contributed by atoms with Crippen molar-refractivity contribution in [2.24, 2.45) is 0 Å². The Labute approximate surface area is 209 Å². The number of rotatable bonds is 5. The van der Waals surface area contributed by atoms with Crippen molar-refractivity contribution in [1.29, 1.82) is 0 Å². The second-order valence-electron chi connectivity index (χ2n) is 8.87. The highest BCUT2D eigenvalue weighted by atomic mass is 16.7. The number of nitrogens with zero attached hydrogens (tertiary/aromatic N) is 2. The molecule has 2 aliphatic heterocycles. The van der Waals surface area contributed by atoms with E-state index in [1.807, 2.05) is 91.0 Å². The average molecular weight is 477 g/mol. The number of anilines is 2. The predicted molar refractivity (Wildman–Crippen MR) is 137 cm³/mol. The van der Waals surface area contributed by atoms with Crippen LogP contribution in [0.2, 0.25) is 0 Å². The molecule has 0 N–H and O–H groups in total. The minimum Gasteiger partial charge on any atom is -0.497 e. The third kappa shape index (κ3) is 3.15. The highest BCUT2D eigenvalue weighted by Gasteiger charge is 2.72. The molecule has 4 aromatic carbocycles. The predicted octanol–water partition coefficient (Wildman–Crippen LogP) is 5.07. The molecule has 6 rings (SSSR count). The van der Waals surface area contributed by atoms with Crippen LogP contribution in [-0.4, -0.2) is 25.0 Å². The first-order chi connectivity index (χ1) is 17.7. The lowest BCUT2D eigenvalue weighted by Gasteiger charge is -2.35. The van der Waals surface area contributed by atoms with E-state index in [2.05, 4.69) is 0 Å². The molecular formula is C30H24N2O4. The van der Waals surface area contributed by atoms with Gasteiger partial charge in [-0.3, -0.25) is 14.4 Å². The van der Waals surface area contributed by atoms with E-state index in [4.69, 9.17) is 9.57 Å². The van der Waals surface area contributed by atoms with Gasteiger partial charge in [0.1, 0.15) is 17.2 Å². The molecule has 0 spiro atoms. The zero-order chi connectivity index (χ0) is 24.7. The highest BCUT2D eigenvalue weighted by molar-refractivity contribution is 6.28. The maximum absolute atomic E-state index is 14.6. The van der Waals surface area contributed by atoms with Gasteiger partial charge in [-0.05, 0) is 47.5 Å². The topological polar surface area (TPSA) is 59.1 Å². The van der Waals surface area contributed by atoms with Crippen molar-refractivity contribution in [2.75, 3.05) is 17.1 Å². The van der Waals surface area contributed by atoms with Gasteiger partial charge in [-0.2, -0.15) is 0 Å². The van der Waals surface area contributed by atoms with Crippen LogP contribution in [-0.2, 0) is 19.8 Å². The summed E-state index contributed by atoms with van der Waals surface area (Å²) < 4.78 is 5.27. The molecule has 0 aliphatic carbocycles. The van der Waals surface area contributed by atoms with Crippen molar-refractivity contribution in [3.8, 4) is 5.75 Å². The standard InChI is InChI=1S/C30H24N2O4/c1-35-25-19-17-23(18-20-25)31-28(33)27-30(29(31)34,22-13-7-3-8-14-22)26(21-11-5-2-6-12-21)32(36-27)24-15-9-4-10-16-24/h2-20,26-27H,1H3/t26-,27-,30+/m0/s1. The molecule has 6 nitrogen and oxygen atoms in total. The molecule has 0 saturated carbocycles. The molecule has 0 bridgehead atoms. The van der Waals surface area contributed by atoms with Gasteiger partial charge in [-0.15, -0.1) is 0 Å². The van der Waals surface area contributed by atoms with Crippen LogP contribution in [0.4, 0.5) is 11.4 Å². The molecule has 4 aromatic rings. The van der Waals surface area contributed by atoms with Crippen LogP contribution in [0.3, 0.4) is 0 Å². The lowest BCUT2D eigenvalue weighted by Crippen LogP contribution is -2.46. The molecule has 0 aromatic heterocycles. The second kappa shape index (κ2) is 8.66. The molecule has 2 aliphatic rings. The summed E-state index contributed by atoms with van der Waals surface area (Å²) in [4.78, 5) is 36.3. The fraction of sp³-hybridized carbons (Fsp3) is 0.133. The Morgan fingerprint density at radius 2 is 1.31 bits per heavy atom. The number of hydroxylamine groups is 1. The Balaban J connectivity index is 1.59. The fourth-order valence-corrected chi connectivity index (χ4v) is 5.40. The Morgan fingerprint density at radius 3 is 1.92 bits per heavy atom. The summed E-state index contributed by atoms with van der Waals surface area (Å²) in [6, 6.07) is 35.2. The molecule has 2 amide bonds. The number of amides is 2. The first kappa shape index (κ1) is 22.1. The Bertz CT molecular complexity index is 1390. The van der Waals surface area contributed by atoms with E-state index in [0.717, 1.165) is 16.8 Å². The number of ether oxygens (including phenoxy) is 1. The van der Waals surface area contributed by atoms with Gasteiger partial charge < -0.3 is 4.74 Å². The summed E-state index contributed by atoms with van der Waals surface area (Å²) in [5, 5.41) is 1.73. The molecule has 36 heavy (non-hydrogen) atoms. The van der Waals surface area contributed by atoms with Crippen molar-refractivity contribution in [3.05, 3.63) is 126 Å². The van der Waals surface area contributed by atoms with E-state index in [1.165, 1.54) is 4.90 Å². The zero-order valence-corrected chi connectivity index (χ0v) is 19.7. The van der Waals surface area contributed by atoms with Crippen LogP contribution in [0.25, 0.3) is 0 Å². The molecular weight excluding hydrogens is 452 g/mol. The van der Waals surface area contributed by atoms with Crippen molar-refractivity contribution in [1.82, 2.24) is 0 Å². The van der Waals surface area contributed by atoms with E-state index >= 15 is 0 Å². The summed E-state index contributed by atoms with van der Waals surface area (Å²) in [6.45, 7) is 0. The van der Waals surface area contributed by atoms with E-state index in [0.29, 0.717) is 11.4 Å². The van der Waals surface area contributed by atoms with Gasteiger partial charge in [-0.1, -0.05) is 78.9 Å². The van der Waals surface area contributed by atoms with E-state index < -0.39 is 23.5 Å². The first-order valence-corrected chi connectivity index (χ1v) is 11.8. The van der Waals surface area contributed by atoms with Crippen molar-refractivity contribution in [3.63, 3.8) is 0 Å². The summed E-state index contributed by atoms with van der Waals surface area (Å²) in [5.74, 6) is -0.0704. The first-order valence-electron chi connectivity index (χ1n) is 11.8. The Kier molecular flexibility index (Phi) is 5.31. The van der Waals surface area contributed by atoms with Gasteiger partial charge >= 0.3 is 0 Å². The number of benzene rings is 4. The number of carbonyl (C=O) groups is 2. The smallest absolute Gasteiger partial charge is 0.267 e. The lowest BCUT2D eigenvalue weighted by molar-refractivity contribution is -0.126. The van der Waals surface area contributed by atoms with E-state index in [9.17, 15) is 9.59 Å². The SMILES string of the molecule is COc1ccc(N2C(=O)[C@@H]3ON(c4ccccc4)[C@@H](c4ccccc4)[C@@]3(c3ccccc3)C2=O)cc1. The van der Waals surface area contributed by atoms with Gasteiger partial charge in [-0.25, -0.2) is 9.96 Å². The number of imide groups is 1. The Hall–Kier alpha value is -4.42. The summed E-state index contributed by atoms with van der Waals surface area (Å²) in [5.41, 5.74) is 1.57. The number of carbonyl (C=O) groups excluding carboxylic acids is 2. The second-order valence-corrected chi connectivity index (χ2v) is 8.87. The number of hydrogen-bond donors (Lipinski definition) is 0. The Morgan fingerprint density at radius 1 is 0.722 bits per heavy atom. The molecule has 178 valence electrons. The third-order valence-corrected chi connectivity index (χ3v) is 7.01. The van der Waals surface area contributed by atoms with Gasteiger partial charge in [0, 0.05) is 0 Å². The molecule has 0 radical (unpaired) electrons. The fourth-order valence-electron chi connectivity index (χ4n) is 5.40. The van der Waals surface area contributed by atoms with Crippen molar-refractivity contribution in [2.45, 2.75) is 17.6 Å². The molecule has 2 heterocycles. The molecule has 2 saturated heterocycles. The summed E-state index contributed by atoms with van der Waals surface area (Å²) >= 11 is 0. The van der Waals surface area contributed by atoms with Gasteiger partial charge in [0.15, 0.2) is 6.10 Å².